The molecule has 4 atom stereocenters. The van der Waals surface area contributed by atoms with Gasteiger partial charge in [-0.2, -0.15) is 4.98 Å². The molecule has 11 nitrogen and oxygen atoms in total. The molecule has 0 bridgehead atoms. The van der Waals surface area contributed by atoms with Gasteiger partial charge in [0.05, 0.1) is 12.9 Å². The number of hydrogen-bond acceptors (Lipinski definition) is 8. The molecule has 11 heteroatoms. The van der Waals surface area contributed by atoms with E-state index in [0.717, 1.165) is 0 Å². The summed E-state index contributed by atoms with van der Waals surface area (Å²) in [7, 11) is 1.59. The number of aliphatic hydroxyl groups is 3. The largest absolute Gasteiger partial charge is 0.412 e. The molecule has 2 aromatic heterocycles. The lowest BCUT2D eigenvalue weighted by Crippen LogP contribution is -2.33. The van der Waals surface area contributed by atoms with E-state index in [1.54, 1.807) is 7.05 Å². The van der Waals surface area contributed by atoms with Gasteiger partial charge in [-0.05, 0) is 0 Å². The lowest BCUT2D eigenvalue weighted by Gasteiger charge is -2.16. The third-order valence-corrected chi connectivity index (χ3v) is 3.46. The molecular weight excluding hydrogens is 298 g/mol. The first-order valence-electron chi connectivity index (χ1n) is 6.34. The number of imidazole rings is 1. The monoisotopic (exact) mass is 315 g/mol. The Morgan fingerprint density at radius 3 is 2.77 bits per heavy atom. The standard InChI is InChI=1S/C11H15N5O5.H2O/c1-12-11-14-8-5(9(20)15-11)13-3-16(8)10-7(19)6(18)4(2-17)21-10;/h3-4,6-7,10,17-19H,2H2,1H3,(H2,12,14,15,20);1H2/t4-,6-,7-,10-;/m1./s1. The second kappa shape index (κ2) is 5.98. The summed E-state index contributed by atoms with van der Waals surface area (Å²) in [5, 5.41) is 31.6. The Hall–Kier alpha value is -2.05. The van der Waals surface area contributed by atoms with Crippen molar-refractivity contribution in [3.8, 4) is 0 Å². The van der Waals surface area contributed by atoms with Gasteiger partial charge in [-0.3, -0.25) is 14.3 Å². The minimum absolute atomic E-state index is 0. The molecule has 122 valence electrons. The van der Waals surface area contributed by atoms with Crippen molar-refractivity contribution in [3.05, 3.63) is 16.7 Å². The average molecular weight is 315 g/mol. The normalized spacial score (nSPS) is 27.8. The molecule has 2 aromatic rings. The van der Waals surface area contributed by atoms with Crippen LogP contribution in [0.4, 0.5) is 5.95 Å². The summed E-state index contributed by atoms with van der Waals surface area (Å²) in [6.45, 7) is -0.433. The SMILES string of the molecule is CNc1nc2c(ncn2[C@@H]2O[C@H](CO)[C@@H](O)[C@H]2O)c(=O)[nH]1.O. The smallest absolute Gasteiger partial charge is 0.280 e. The molecule has 7 N–H and O–H groups in total. The quantitative estimate of drug-likeness (QED) is 0.396. The number of aromatic amines is 1. The van der Waals surface area contributed by atoms with Crippen molar-refractivity contribution in [3.63, 3.8) is 0 Å². The fourth-order valence-corrected chi connectivity index (χ4v) is 2.34. The van der Waals surface area contributed by atoms with Crippen LogP contribution in [0.15, 0.2) is 11.1 Å². The Balaban J connectivity index is 0.00000176. The highest BCUT2D eigenvalue weighted by Crippen LogP contribution is 2.30. The van der Waals surface area contributed by atoms with Gasteiger partial charge in [-0.25, -0.2) is 4.98 Å². The van der Waals surface area contributed by atoms with Crippen molar-refractivity contribution in [2.45, 2.75) is 24.5 Å². The van der Waals surface area contributed by atoms with Crippen molar-refractivity contribution < 1.29 is 25.5 Å². The fraction of sp³-hybridized carbons (Fsp3) is 0.545. The Labute approximate surface area is 123 Å². The van der Waals surface area contributed by atoms with E-state index in [1.165, 1.54) is 10.9 Å². The molecule has 0 unspecified atom stereocenters. The maximum atomic E-state index is 11.8. The third kappa shape index (κ3) is 2.34. The van der Waals surface area contributed by atoms with Crippen LogP contribution in [-0.4, -0.2) is 72.3 Å². The molecule has 3 rings (SSSR count). The Bertz CT molecular complexity index is 715. The zero-order valence-corrected chi connectivity index (χ0v) is 11.6. The summed E-state index contributed by atoms with van der Waals surface area (Å²) in [6.07, 6.45) is -3.09. The second-order valence-electron chi connectivity index (χ2n) is 4.72. The molecule has 0 aliphatic carbocycles. The summed E-state index contributed by atoms with van der Waals surface area (Å²) in [6, 6.07) is 0. The summed E-state index contributed by atoms with van der Waals surface area (Å²) < 4.78 is 6.76. The highest BCUT2D eigenvalue weighted by molar-refractivity contribution is 5.70. The predicted octanol–water partition coefficient (Wildman–Crippen LogP) is -3.05. The third-order valence-electron chi connectivity index (χ3n) is 3.46. The lowest BCUT2D eigenvalue weighted by atomic mass is 10.1. The minimum atomic E-state index is -1.27. The average Bonchev–Trinajstić information content (AvgIpc) is 3.02. The van der Waals surface area contributed by atoms with Crippen molar-refractivity contribution >= 4 is 17.1 Å². The van der Waals surface area contributed by atoms with Crippen molar-refractivity contribution in [1.29, 1.82) is 0 Å². The van der Waals surface area contributed by atoms with Gasteiger partial charge in [0.1, 0.15) is 18.3 Å². The molecule has 0 radical (unpaired) electrons. The zero-order valence-electron chi connectivity index (χ0n) is 11.6. The maximum absolute atomic E-state index is 11.8. The number of rotatable bonds is 3. The van der Waals surface area contributed by atoms with Crippen LogP contribution in [0.5, 0.6) is 0 Å². The van der Waals surface area contributed by atoms with Crippen LogP contribution in [0.3, 0.4) is 0 Å². The van der Waals surface area contributed by atoms with Crippen LogP contribution >= 0.6 is 0 Å². The predicted molar refractivity (Wildman–Crippen MR) is 74.3 cm³/mol. The topological polar surface area (TPSA) is 177 Å². The van der Waals surface area contributed by atoms with Gasteiger partial charge in [0.25, 0.3) is 5.56 Å². The molecular formula is C11H17N5O6. The van der Waals surface area contributed by atoms with Crippen molar-refractivity contribution in [2.24, 2.45) is 0 Å². The number of nitrogens with one attached hydrogen (secondary N) is 2. The van der Waals surface area contributed by atoms with E-state index < -0.39 is 36.7 Å². The molecule has 0 aromatic carbocycles. The molecule has 0 amide bonds. The van der Waals surface area contributed by atoms with E-state index in [1.807, 2.05) is 0 Å². The number of anilines is 1. The van der Waals surface area contributed by atoms with Gasteiger partial charge in [-0.1, -0.05) is 0 Å². The molecule has 1 fully saturated rings. The van der Waals surface area contributed by atoms with E-state index in [2.05, 4.69) is 20.3 Å². The summed E-state index contributed by atoms with van der Waals surface area (Å²) in [4.78, 5) is 22.5. The molecule has 3 heterocycles. The summed E-state index contributed by atoms with van der Waals surface area (Å²) in [5.74, 6) is 0.237. The van der Waals surface area contributed by atoms with Crippen LogP contribution < -0.4 is 10.9 Å². The minimum Gasteiger partial charge on any atom is -0.412 e. The first-order chi connectivity index (χ1) is 10.1. The number of aromatic nitrogens is 4. The van der Waals surface area contributed by atoms with Gasteiger partial charge in [0, 0.05) is 7.05 Å². The first kappa shape index (κ1) is 16.3. The zero-order chi connectivity index (χ0) is 15.1. The number of ether oxygens (including phenoxy) is 1. The number of nitrogens with zero attached hydrogens (tertiary/aromatic N) is 3. The van der Waals surface area contributed by atoms with Gasteiger partial charge in [-0.15, -0.1) is 0 Å². The molecule has 1 saturated heterocycles. The van der Waals surface area contributed by atoms with E-state index in [0.29, 0.717) is 0 Å². The van der Waals surface area contributed by atoms with Crippen LogP contribution in [0.1, 0.15) is 6.23 Å². The number of aliphatic hydroxyl groups excluding tert-OH is 3. The van der Waals surface area contributed by atoms with E-state index in [-0.39, 0.29) is 22.6 Å². The van der Waals surface area contributed by atoms with Gasteiger partial charge in [0.15, 0.2) is 17.4 Å². The van der Waals surface area contributed by atoms with Gasteiger partial charge >= 0.3 is 0 Å². The highest BCUT2D eigenvalue weighted by atomic mass is 16.6. The Kier molecular flexibility index (Phi) is 4.44. The maximum Gasteiger partial charge on any atom is 0.280 e. The summed E-state index contributed by atoms with van der Waals surface area (Å²) >= 11 is 0. The molecule has 22 heavy (non-hydrogen) atoms. The lowest BCUT2D eigenvalue weighted by molar-refractivity contribution is -0.0511. The van der Waals surface area contributed by atoms with Gasteiger partial charge < -0.3 is 30.8 Å². The molecule has 0 spiro atoms. The number of H-pyrrole nitrogens is 1. The fourth-order valence-electron chi connectivity index (χ4n) is 2.34. The Morgan fingerprint density at radius 1 is 1.45 bits per heavy atom. The van der Waals surface area contributed by atoms with Crippen molar-refractivity contribution in [2.75, 3.05) is 19.0 Å². The molecule has 1 aliphatic rings. The van der Waals surface area contributed by atoms with E-state index in [9.17, 15) is 15.0 Å². The van der Waals surface area contributed by atoms with Crippen molar-refractivity contribution in [1.82, 2.24) is 19.5 Å². The van der Waals surface area contributed by atoms with Gasteiger partial charge in [0.2, 0.25) is 5.95 Å². The molecule has 1 aliphatic heterocycles. The van der Waals surface area contributed by atoms with Crippen LogP contribution in [0, 0.1) is 0 Å². The highest BCUT2D eigenvalue weighted by Gasteiger charge is 2.44. The van der Waals surface area contributed by atoms with E-state index >= 15 is 0 Å². The number of fused-ring (bicyclic) bond motifs is 1. The second-order valence-corrected chi connectivity index (χ2v) is 4.72. The first-order valence-corrected chi connectivity index (χ1v) is 6.34. The molecule has 0 saturated carbocycles. The van der Waals surface area contributed by atoms with Crippen LogP contribution in [-0.2, 0) is 4.74 Å². The Morgan fingerprint density at radius 2 is 2.18 bits per heavy atom. The summed E-state index contributed by atoms with van der Waals surface area (Å²) in [5.41, 5.74) is -0.139. The van der Waals surface area contributed by atoms with Crippen LogP contribution in [0.25, 0.3) is 11.2 Å². The number of hydrogen-bond donors (Lipinski definition) is 5. The van der Waals surface area contributed by atoms with Crippen LogP contribution in [0.2, 0.25) is 0 Å². The van der Waals surface area contributed by atoms with E-state index in [4.69, 9.17) is 9.84 Å².